The van der Waals surface area contributed by atoms with Gasteiger partial charge < -0.3 is 11.1 Å². The van der Waals surface area contributed by atoms with Gasteiger partial charge >= 0.3 is 0 Å². The molecule has 1 amide bonds. The van der Waals surface area contributed by atoms with Crippen LogP contribution in [0.25, 0.3) is 10.4 Å². The highest BCUT2D eigenvalue weighted by Crippen LogP contribution is 2.13. The SMILES string of the molecule is CCCCC(CN)NC(=O)c1ccc(N=[N+]=[N-])cc1. The highest BCUT2D eigenvalue weighted by molar-refractivity contribution is 5.94. The third-order valence-corrected chi connectivity index (χ3v) is 2.82. The maximum atomic E-state index is 12.0. The fraction of sp³-hybridized carbons (Fsp3) is 0.462. The smallest absolute Gasteiger partial charge is 0.251 e. The van der Waals surface area contributed by atoms with E-state index in [0.29, 0.717) is 17.8 Å². The lowest BCUT2D eigenvalue weighted by molar-refractivity contribution is 0.0936. The quantitative estimate of drug-likeness (QED) is 0.447. The summed E-state index contributed by atoms with van der Waals surface area (Å²) in [5, 5.41) is 6.36. The van der Waals surface area contributed by atoms with Crippen molar-refractivity contribution in [2.75, 3.05) is 6.54 Å². The highest BCUT2D eigenvalue weighted by atomic mass is 16.1. The van der Waals surface area contributed by atoms with Crippen LogP contribution in [0.2, 0.25) is 0 Å². The highest BCUT2D eigenvalue weighted by Gasteiger charge is 2.11. The minimum absolute atomic E-state index is 0.00394. The van der Waals surface area contributed by atoms with Gasteiger partial charge in [-0.05, 0) is 24.1 Å². The molecule has 0 aromatic heterocycles. The van der Waals surface area contributed by atoms with E-state index >= 15 is 0 Å². The second kappa shape index (κ2) is 8.13. The van der Waals surface area contributed by atoms with Crippen molar-refractivity contribution >= 4 is 11.6 Å². The Morgan fingerprint density at radius 2 is 2.16 bits per heavy atom. The van der Waals surface area contributed by atoms with Crippen LogP contribution in [0.3, 0.4) is 0 Å². The van der Waals surface area contributed by atoms with Crippen molar-refractivity contribution in [2.24, 2.45) is 10.8 Å². The van der Waals surface area contributed by atoms with Gasteiger partial charge in [0.05, 0.1) is 0 Å². The fourth-order valence-electron chi connectivity index (χ4n) is 1.70. The second-order valence-electron chi connectivity index (χ2n) is 4.28. The summed E-state index contributed by atoms with van der Waals surface area (Å²) in [7, 11) is 0. The number of carbonyl (C=O) groups is 1. The Morgan fingerprint density at radius 1 is 1.47 bits per heavy atom. The molecule has 0 fully saturated rings. The van der Waals surface area contributed by atoms with Crippen LogP contribution in [-0.2, 0) is 0 Å². The van der Waals surface area contributed by atoms with Gasteiger partial charge in [-0.3, -0.25) is 4.79 Å². The molecule has 0 saturated carbocycles. The molecule has 0 bridgehead atoms. The van der Waals surface area contributed by atoms with E-state index in [0.717, 1.165) is 19.3 Å². The molecule has 0 heterocycles. The minimum Gasteiger partial charge on any atom is -0.348 e. The van der Waals surface area contributed by atoms with Crippen LogP contribution in [0.5, 0.6) is 0 Å². The molecule has 1 rings (SSSR count). The molecular formula is C13H19N5O. The van der Waals surface area contributed by atoms with E-state index in [1.54, 1.807) is 24.3 Å². The van der Waals surface area contributed by atoms with Crippen molar-refractivity contribution in [1.29, 1.82) is 0 Å². The first-order chi connectivity index (χ1) is 9.21. The standard InChI is InChI=1S/C13H19N5O/c1-2-3-4-12(9-14)16-13(19)10-5-7-11(8-6-10)17-18-15/h5-8,12H,2-4,9,14H2,1H3,(H,16,19). The maximum absolute atomic E-state index is 12.0. The topological polar surface area (TPSA) is 104 Å². The Kier molecular flexibility index (Phi) is 6.43. The lowest BCUT2D eigenvalue weighted by Crippen LogP contribution is -2.40. The van der Waals surface area contributed by atoms with Crippen LogP contribution in [-0.4, -0.2) is 18.5 Å². The van der Waals surface area contributed by atoms with Gasteiger partial charge in [0.2, 0.25) is 0 Å². The van der Waals surface area contributed by atoms with E-state index in [9.17, 15) is 4.79 Å². The van der Waals surface area contributed by atoms with Crippen LogP contribution in [0.15, 0.2) is 29.4 Å². The first-order valence-electron chi connectivity index (χ1n) is 6.37. The summed E-state index contributed by atoms with van der Waals surface area (Å²) in [5.74, 6) is -0.154. The van der Waals surface area contributed by atoms with Gasteiger partial charge in [-0.1, -0.05) is 37.0 Å². The van der Waals surface area contributed by atoms with Gasteiger partial charge in [0.1, 0.15) is 0 Å². The van der Waals surface area contributed by atoms with Gasteiger partial charge in [-0.25, -0.2) is 0 Å². The zero-order valence-electron chi connectivity index (χ0n) is 11.0. The molecule has 1 unspecified atom stereocenters. The van der Waals surface area contributed by atoms with Crippen molar-refractivity contribution in [3.63, 3.8) is 0 Å². The summed E-state index contributed by atoms with van der Waals surface area (Å²) >= 11 is 0. The van der Waals surface area contributed by atoms with Crippen molar-refractivity contribution in [2.45, 2.75) is 32.2 Å². The molecule has 6 heteroatoms. The predicted octanol–water partition coefficient (Wildman–Crippen LogP) is 2.88. The molecule has 0 spiro atoms. The lowest BCUT2D eigenvalue weighted by atomic mass is 10.1. The van der Waals surface area contributed by atoms with Gasteiger partial charge in [-0.15, -0.1) is 0 Å². The first-order valence-corrected chi connectivity index (χ1v) is 6.37. The molecule has 1 atom stereocenters. The van der Waals surface area contributed by atoms with Crippen molar-refractivity contribution < 1.29 is 4.79 Å². The lowest BCUT2D eigenvalue weighted by Gasteiger charge is -2.16. The average Bonchev–Trinajstić information content (AvgIpc) is 2.44. The largest absolute Gasteiger partial charge is 0.348 e. The van der Waals surface area contributed by atoms with Crippen LogP contribution in [0.4, 0.5) is 5.69 Å². The Labute approximate surface area is 112 Å². The Morgan fingerprint density at radius 3 is 2.68 bits per heavy atom. The summed E-state index contributed by atoms with van der Waals surface area (Å²) in [5.41, 5.74) is 15.0. The summed E-state index contributed by atoms with van der Waals surface area (Å²) < 4.78 is 0. The second-order valence-corrected chi connectivity index (χ2v) is 4.28. The molecule has 0 saturated heterocycles. The van der Waals surface area contributed by atoms with Crippen molar-refractivity contribution in [3.05, 3.63) is 40.3 Å². The number of benzene rings is 1. The molecule has 1 aromatic carbocycles. The van der Waals surface area contributed by atoms with Gasteiger partial charge in [0.15, 0.2) is 0 Å². The summed E-state index contributed by atoms with van der Waals surface area (Å²) in [4.78, 5) is 14.7. The Hall–Kier alpha value is -2.04. The summed E-state index contributed by atoms with van der Waals surface area (Å²) in [6.45, 7) is 2.53. The molecule has 19 heavy (non-hydrogen) atoms. The zero-order chi connectivity index (χ0) is 14.1. The van der Waals surface area contributed by atoms with Crippen molar-refractivity contribution in [3.8, 4) is 0 Å². The number of nitrogens with two attached hydrogens (primary N) is 1. The number of hydrogen-bond acceptors (Lipinski definition) is 3. The molecule has 0 aliphatic carbocycles. The monoisotopic (exact) mass is 261 g/mol. The van der Waals surface area contributed by atoms with Crippen LogP contribution >= 0.6 is 0 Å². The first kappa shape index (κ1) is 15.0. The molecule has 3 N–H and O–H groups in total. The number of unbranched alkanes of at least 4 members (excludes halogenated alkanes) is 1. The van der Waals surface area contributed by atoms with E-state index in [4.69, 9.17) is 11.3 Å². The van der Waals surface area contributed by atoms with Gasteiger partial charge in [-0.2, -0.15) is 0 Å². The molecule has 6 nitrogen and oxygen atoms in total. The number of rotatable bonds is 7. The number of hydrogen-bond donors (Lipinski definition) is 2. The number of nitrogens with one attached hydrogen (secondary N) is 1. The number of amides is 1. The van der Waals surface area contributed by atoms with E-state index in [1.165, 1.54) is 0 Å². The molecule has 0 aliphatic rings. The molecule has 0 radical (unpaired) electrons. The maximum Gasteiger partial charge on any atom is 0.251 e. The zero-order valence-corrected chi connectivity index (χ0v) is 11.0. The van der Waals surface area contributed by atoms with Gasteiger partial charge in [0.25, 0.3) is 5.91 Å². The Balaban J connectivity index is 2.63. The van der Waals surface area contributed by atoms with Crippen LogP contribution in [0, 0.1) is 0 Å². The number of carbonyl (C=O) groups excluding carboxylic acids is 1. The van der Waals surface area contributed by atoms with E-state index in [-0.39, 0.29) is 11.9 Å². The summed E-state index contributed by atoms with van der Waals surface area (Å²) in [6, 6.07) is 6.49. The summed E-state index contributed by atoms with van der Waals surface area (Å²) in [6.07, 6.45) is 3.00. The Bertz CT molecular complexity index is 451. The number of nitrogens with zero attached hydrogens (tertiary/aromatic N) is 3. The normalized spacial score (nSPS) is 11.5. The molecule has 1 aromatic rings. The minimum atomic E-state index is -0.154. The van der Waals surface area contributed by atoms with Crippen molar-refractivity contribution in [1.82, 2.24) is 5.32 Å². The average molecular weight is 261 g/mol. The van der Waals surface area contributed by atoms with E-state index < -0.39 is 0 Å². The fourth-order valence-corrected chi connectivity index (χ4v) is 1.70. The van der Waals surface area contributed by atoms with Crippen LogP contribution < -0.4 is 11.1 Å². The number of azide groups is 1. The molecule has 0 aliphatic heterocycles. The van der Waals surface area contributed by atoms with E-state index in [2.05, 4.69) is 22.3 Å². The predicted molar refractivity (Wildman–Crippen MR) is 75.1 cm³/mol. The molecular weight excluding hydrogens is 242 g/mol. The third kappa shape index (κ3) is 4.99. The van der Waals surface area contributed by atoms with Gasteiger partial charge in [0, 0.05) is 28.7 Å². The van der Waals surface area contributed by atoms with Crippen LogP contribution in [0.1, 0.15) is 36.5 Å². The van der Waals surface area contributed by atoms with E-state index in [1.807, 2.05) is 0 Å². The third-order valence-electron chi connectivity index (χ3n) is 2.82. The molecule has 102 valence electrons.